The quantitative estimate of drug-likeness (QED) is 0.887. The van der Waals surface area contributed by atoms with Crippen LogP contribution in [0.3, 0.4) is 0 Å². The predicted octanol–water partition coefficient (Wildman–Crippen LogP) is 4.49. The fraction of sp³-hybridized carbons (Fsp3) is 0.385. The largest absolute Gasteiger partial charge is 0.462 e. The number of hydrogen-bond acceptors (Lipinski definition) is 2. The van der Waals surface area contributed by atoms with Crippen molar-refractivity contribution >= 4 is 34.2 Å². The van der Waals surface area contributed by atoms with Crippen LogP contribution in [-0.2, 0) is 6.54 Å². The Morgan fingerprint density at radius 3 is 2.76 bits per heavy atom. The third kappa shape index (κ3) is 2.76. The molecule has 17 heavy (non-hydrogen) atoms. The second-order valence-electron chi connectivity index (χ2n) is 4.52. The Hall–Kier alpha value is -0.700. The van der Waals surface area contributed by atoms with E-state index >= 15 is 0 Å². The molecule has 1 aromatic carbocycles. The van der Waals surface area contributed by atoms with E-state index in [4.69, 9.17) is 27.6 Å². The van der Waals surface area contributed by atoms with Gasteiger partial charge in [0, 0.05) is 17.5 Å². The molecule has 4 heteroatoms. The number of furan rings is 1. The molecule has 0 spiro atoms. The number of nitrogens with one attached hydrogen (secondary N) is 1. The molecule has 0 amide bonds. The Labute approximate surface area is 111 Å². The van der Waals surface area contributed by atoms with Crippen molar-refractivity contribution in [1.29, 1.82) is 0 Å². The minimum absolute atomic E-state index is 0.485. The van der Waals surface area contributed by atoms with Crippen LogP contribution >= 0.6 is 23.2 Å². The maximum Gasteiger partial charge on any atom is 0.154 e. The molecular weight excluding hydrogens is 257 g/mol. The van der Waals surface area contributed by atoms with Crippen LogP contribution in [0.15, 0.2) is 22.8 Å². The van der Waals surface area contributed by atoms with Crippen molar-refractivity contribution < 1.29 is 4.42 Å². The highest BCUT2D eigenvalue weighted by atomic mass is 35.5. The summed E-state index contributed by atoms with van der Waals surface area (Å²) in [7, 11) is 0. The summed E-state index contributed by atoms with van der Waals surface area (Å²) in [4.78, 5) is 0. The molecule has 0 radical (unpaired) electrons. The molecule has 0 aliphatic heterocycles. The molecule has 0 saturated carbocycles. The smallest absolute Gasteiger partial charge is 0.154 e. The van der Waals surface area contributed by atoms with E-state index in [0.717, 1.165) is 24.0 Å². The van der Waals surface area contributed by atoms with Gasteiger partial charge in [-0.25, -0.2) is 0 Å². The van der Waals surface area contributed by atoms with Crippen LogP contribution in [-0.4, -0.2) is 6.54 Å². The van der Waals surface area contributed by atoms with E-state index < -0.39 is 0 Å². The maximum absolute atomic E-state index is 6.08. The van der Waals surface area contributed by atoms with Gasteiger partial charge in [-0.1, -0.05) is 37.0 Å². The fourth-order valence-electron chi connectivity index (χ4n) is 1.73. The summed E-state index contributed by atoms with van der Waals surface area (Å²) in [6.07, 6.45) is 1.74. The Balaban J connectivity index is 2.22. The van der Waals surface area contributed by atoms with Crippen LogP contribution < -0.4 is 5.32 Å². The number of hydrogen-bond donors (Lipinski definition) is 1. The van der Waals surface area contributed by atoms with Crippen LogP contribution in [0.4, 0.5) is 0 Å². The number of halogens is 2. The number of fused-ring (bicyclic) bond motifs is 1. The van der Waals surface area contributed by atoms with Gasteiger partial charge in [-0.15, -0.1) is 0 Å². The summed E-state index contributed by atoms with van der Waals surface area (Å²) < 4.78 is 5.46. The molecule has 2 aromatic rings. The van der Waals surface area contributed by atoms with E-state index in [-0.39, 0.29) is 0 Å². The van der Waals surface area contributed by atoms with E-state index in [9.17, 15) is 0 Å². The summed E-state index contributed by atoms with van der Waals surface area (Å²) in [5.41, 5.74) is 1.78. The Morgan fingerprint density at radius 1 is 1.29 bits per heavy atom. The molecule has 92 valence electrons. The molecule has 0 saturated heterocycles. The van der Waals surface area contributed by atoms with Crippen LogP contribution in [0, 0.1) is 5.92 Å². The van der Waals surface area contributed by atoms with Crippen molar-refractivity contribution in [2.75, 3.05) is 6.54 Å². The molecule has 0 aliphatic rings. The second kappa shape index (κ2) is 5.30. The lowest BCUT2D eigenvalue weighted by molar-refractivity contribution is 0.547. The number of benzene rings is 1. The SMILES string of the molecule is CC(C)CNCc1coc2c(Cl)c(Cl)ccc12. The van der Waals surface area contributed by atoms with Crippen LogP contribution in [0.25, 0.3) is 11.0 Å². The standard InChI is InChI=1S/C13H15Cl2NO/c1-8(2)5-16-6-9-7-17-13-10(9)3-4-11(14)12(13)15/h3-4,7-8,16H,5-6H2,1-2H3. The molecule has 1 N–H and O–H groups in total. The van der Waals surface area contributed by atoms with Crippen LogP contribution in [0.1, 0.15) is 19.4 Å². The van der Waals surface area contributed by atoms with Gasteiger partial charge in [0.2, 0.25) is 0 Å². The maximum atomic E-state index is 6.08. The topological polar surface area (TPSA) is 25.2 Å². The minimum Gasteiger partial charge on any atom is -0.462 e. The zero-order valence-electron chi connectivity index (χ0n) is 9.89. The van der Waals surface area contributed by atoms with Crippen molar-refractivity contribution in [3.05, 3.63) is 34.0 Å². The number of rotatable bonds is 4. The summed E-state index contributed by atoms with van der Waals surface area (Å²) >= 11 is 12.0. The molecule has 1 heterocycles. The van der Waals surface area contributed by atoms with Crippen molar-refractivity contribution in [2.45, 2.75) is 20.4 Å². The Bertz CT molecular complexity index is 519. The van der Waals surface area contributed by atoms with Crippen LogP contribution in [0.2, 0.25) is 10.0 Å². The molecule has 0 fully saturated rings. The molecule has 0 aliphatic carbocycles. The molecule has 0 atom stereocenters. The van der Waals surface area contributed by atoms with Gasteiger partial charge < -0.3 is 9.73 Å². The van der Waals surface area contributed by atoms with Crippen molar-refractivity contribution in [3.63, 3.8) is 0 Å². The van der Waals surface area contributed by atoms with E-state index in [0.29, 0.717) is 21.5 Å². The Morgan fingerprint density at radius 2 is 2.06 bits per heavy atom. The van der Waals surface area contributed by atoms with Crippen molar-refractivity contribution in [1.82, 2.24) is 5.32 Å². The summed E-state index contributed by atoms with van der Waals surface area (Å²) in [6.45, 7) is 6.12. The van der Waals surface area contributed by atoms with Crippen LogP contribution in [0.5, 0.6) is 0 Å². The summed E-state index contributed by atoms with van der Waals surface area (Å²) in [6, 6.07) is 3.74. The zero-order chi connectivity index (χ0) is 12.4. The predicted molar refractivity (Wildman–Crippen MR) is 72.8 cm³/mol. The lowest BCUT2D eigenvalue weighted by Gasteiger charge is -2.05. The van der Waals surface area contributed by atoms with Gasteiger partial charge >= 0.3 is 0 Å². The molecule has 2 nitrogen and oxygen atoms in total. The minimum atomic E-state index is 0.485. The van der Waals surface area contributed by atoms with Gasteiger partial charge in [-0.3, -0.25) is 0 Å². The Kier molecular flexibility index (Phi) is 3.97. The highest BCUT2D eigenvalue weighted by molar-refractivity contribution is 6.44. The van der Waals surface area contributed by atoms with Crippen molar-refractivity contribution in [2.24, 2.45) is 5.92 Å². The third-order valence-electron chi connectivity index (χ3n) is 2.58. The molecular formula is C13H15Cl2NO. The van der Waals surface area contributed by atoms with E-state index in [1.807, 2.05) is 6.07 Å². The van der Waals surface area contributed by atoms with Gasteiger partial charge in [-0.05, 0) is 24.6 Å². The second-order valence-corrected chi connectivity index (χ2v) is 5.31. The third-order valence-corrected chi connectivity index (χ3v) is 3.37. The fourth-order valence-corrected chi connectivity index (χ4v) is 2.08. The molecule has 2 rings (SSSR count). The van der Waals surface area contributed by atoms with E-state index in [1.165, 1.54) is 0 Å². The average molecular weight is 272 g/mol. The van der Waals surface area contributed by atoms with Gasteiger partial charge in [0.25, 0.3) is 0 Å². The first kappa shape index (κ1) is 12.7. The first-order valence-corrected chi connectivity index (χ1v) is 6.40. The average Bonchev–Trinajstić information content (AvgIpc) is 2.67. The van der Waals surface area contributed by atoms with E-state index in [1.54, 1.807) is 12.3 Å². The van der Waals surface area contributed by atoms with Gasteiger partial charge in [0.15, 0.2) is 5.58 Å². The highest BCUT2D eigenvalue weighted by Crippen LogP contribution is 2.33. The zero-order valence-corrected chi connectivity index (χ0v) is 11.4. The monoisotopic (exact) mass is 271 g/mol. The van der Waals surface area contributed by atoms with Gasteiger partial charge in [0.05, 0.1) is 11.3 Å². The van der Waals surface area contributed by atoms with Gasteiger partial charge in [-0.2, -0.15) is 0 Å². The lowest BCUT2D eigenvalue weighted by Crippen LogP contribution is -2.18. The normalized spacial score (nSPS) is 11.6. The first-order valence-electron chi connectivity index (χ1n) is 5.64. The lowest BCUT2D eigenvalue weighted by atomic mass is 10.1. The highest BCUT2D eigenvalue weighted by Gasteiger charge is 2.11. The van der Waals surface area contributed by atoms with Crippen molar-refractivity contribution in [3.8, 4) is 0 Å². The molecule has 1 aromatic heterocycles. The van der Waals surface area contributed by atoms with E-state index in [2.05, 4.69) is 19.2 Å². The van der Waals surface area contributed by atoms with Gasteiger partial charge in [0.1, 0.15) is 5.02 Å². The first-order chi connectivity index (χ1) is 8.09. The molecule has 0 bridgehead atoms. The molecule has 0 unspecified atom stereocenters. The summed E-state index contributed by atoms with van der Waals surface area (Å²) in [5, 5.41) is 5.41. The summed E-state index contributed by atoms with van der Waals surface area (Å²) in [5.74, 6) is 0.631.